The monoisotopic (exact) mass is 390 g/mol. The summed E-state index contributed by atoms with van der Waals surface area (Å²) >= 11 is 0. The van der Waals surface area contributed by atoms with Gasteiger partial charge in [-0.1, -0.05) is 24.3 Å². The normalized spacial score (nSPS) is 17.6. The SMILES string of the molecule is CN1CCCN(C[C@@H](O)COC(c2ccc(F)cc2)c2ccc(F)cc2)CC1. The Balaban J connectivity index is 1.64. The van der Waals surface area contributed by atoms with Gasteiger partial charge in [-0.05, 0) is 62.0 Å². The molecule has 0 radical (unpaired) electrons. The van der Waals surface area contributed by atoms with E-state index < -0.39 is 12.2 Å². The molecule has 1 atom stereocenters. The molecule has 1 fully saturated rings. The maximum Gasteiger partial charge on any atom is 0.123 e. The fourth-order valence-electron chi connectivity index (χ4n) is 3.50. The van der Waals surface area contributed by atoms with Crippen LogP contribution in [-0.2, 0) is 4.74 Å². The van der Waals surface area contributed by atoms with Crippen LogP contribution in [0.1, 0.15) is 23.7 Å². The van der Waals surface area contributed by atoms with E-state index in [1.54, 1.807) is 24.3 Å². The van der Waals surface area contributed by atoms with Crippen molar-refractivity contribution in [3.05, 3.63) is 71.3 Å². The van der Waals surface area contributed by atoms with E-state index in [-0.39, 0.29) is 18.2 Å². The largest absolute Gasteiger partial charge is 0.389 e. The number of ether oxygens (including phenoxy) is 1. The predicted octanol–water partition coefficient (Wildman–Crippen LogP) is 3.07. The fraction of sp³-hybridized carbons (Fsp3) is 0.455. The van der Waals surface area contributed by atoms with Crippen LogP contribution in [0, 0.1) is 11.6 Å². The van der Waals surface area contributed by atoms with Gasteiger partial charge in [0.25, 0.3) is 0 Å². The van der Waals surface area contributed by atoms with Gasteiger partial charge in [0.1, 0.15) is 17.7 Å². The number of aliphatic hydroxyl groups excluding tert-OH is 1. The molecule has 1 aliphatic rings. The molecule has 3 rings (SSSR count). The first-order valence-corrected chi connectivity index (χ1v) is 9.73. The number of rotatable bonds is 7. The van der Waals surface area contributed by atoms with Gasteiger partial charge in [0.05, 0.1) is 12.7 Å². The zero-order chi connectivity index (χ0) is 19.9. The molecule has 1 saturated heterocycles. The maximum absolute atomic E-state index is 13.3. The number of hydrogen-bond acceptors (Lipinski definition) is 4. The van der Waals surface area contributed by atoms with Crippen LogP contribution in [0.25, 0.3) is 0 Å². The highest BCUT2D eigenvalue weighted by molar-refractivity contribution is 5.30. The van der Waals surface area contributed by atoms with Crippen LogP contribution < -0.4 is 0 Å². The van der Waals surface area contributed by atoms with Gasteiger partial charge in [-0.25, -0.2) is 8.78 Å². The molecule has 0 spiro atoms. The molecule has 4 nitrogen and oxygen atoms in total. The van der Waals surface area contributed by atoms with Crippen molar-refractivity contribution in [2.24, 2.45) is 0 Å². The van der Waals surface area contributed by atoms with E-state index in [4.69, 9.17) is 4.74 Å². The minimum absolute atomic E-state index is 0.145. The predicted molar refractivity (Wildman–Crippen MR) is 105 cm³/mol. The van der Waals surface area contributed by atoms with Crippen molar-refractivity contribution in [3.63, 3.8) is 0 Å². The van der Waals surface area contributed by atoms with Gasteiger partial charge in [-0.2, -0.15) is 0 Å². The second-order valence-corrected chi connectivity index (χ2v) is 7.43. The molecule has 28 heavy (non-hydrogen) atoms. The molecule has 1 aliphatic heterocycles. The zero-order valence-corrected chi connectivity index (χ0v) is 16.2. The van der Waals surface area contributed by atoms with Crippen LogP contribution in [0.4, 0.5) is 8.78 Å². The highest BCUT2D eigenvalue weighted by Crippen LogP contribution is 2.27. The summed E-state index contributed by atoms with van der Waals surface area (Å²) in [4.78, 5) is 4.55. The van der Waals surface area contributed by atoms with E-state index in [0.29, 0.717) is 6.54 Å². The van der Waals surface area contributed by atoms with E-state index in [1.165, 1.54) is 24.3 Å². The van der Waals surface area contributed by atoms with Crippen LogP contribution in [0.2, 0.25) is 0 Å². The molecule has 1 N–H and O–H groups in total. The Labute approximate surface area is 165 Å². The summed E-state index contributed by atoms with van der Waals surface area (Å²) in [5.74, 6) is -0.652. The third-order valence-corrected chi connectivity index (χ3v) is 5.08. The number of nitrogens with zero attached hydrogens (tertiary/aromatic N) is 2. The maximum atomic E-state index is 13.3. The first-order chi connectivity index (χ1) is 13.5. The molecule has 0 aromatic heterocycles. The lowest BCUT2D eigenvalue weighted by atomic mass is 10.0. The van der Waals surface area contributed by atoms with Gasteiger partial charge in [-0.15, -0.1) is 0 Å². The summed E-state index contributed by atoms with van der Waals surface area (Å²) in [5.41, 5.74) is 1.52. The average molecular weight is 390 g/mol. The van der Waals surface area contributed by atoms with Gasteiger partial charge < -0.3 is 14.7 Å². The minimum atomic E-state index is -0.633. The minimum Gasteiger partial charge on any atom is -0.389 e. The molecular weight excluding hydrogens is 362 g/mol. The number of β-amino-alcohol motifs (C(OH)–C–C–N with tert-alkyl or cyclic N) is 1. The lowest BCUT2D eigenvalue weighted by molar-refractivity contribution is -0.00788. The molecule has 0 aliphatic carbocycles. The molecule has 152 valence electrons. The van der Waals surface area contributed by atoms with Gasteiger partial charge >= 0.3 is 0 Å². The molecule has 2 aromatic rings. The topological polar surface area (TPSA) is 35.9 Å². The number of halogens is 2. The smallest absolute Gasteiger partial charge is 0.123 e. The summed E-state index contributed by atoms with van der Waals surface area (Å²) in [7, 11) is 2.11. The van der Waals surface area contributed by atoms with Crippen molar-refractivity contribution in [1.82, 2.24) is 9.80 Å². The Morgan fingerprint density at radius 2 is 1.46 bits per heavy atom. The van der Waals surface area contributed by atoms with Gasteiger partial charge in [0.15, 0.2) is 0 Å². The summed E-state index contributed by atoms with van der Waals surface area (Å²) in [6, 6.07) is 12.1. The second-order valence-electron chi connectivity index (χ2n) is 7.43. The number of likely N-dealkylation sites (N-methyl/N-ethyl adjacent to an activating group) is 1. The quantitative estimate of drug-likeness (QED) is 0.788. The van der Waals surface area contributed by atoms with Crippen molar-refractivity contribution in [1.29, 1.82) is 0 Å². The van der Waals surface area contributed by atoms with E-state index in [0.717, 1.165) is 43.7 Å². The Kier molecular flexibility index (Phi) is 7.50. The molecular formula is C22H28F2N2O2. The van der Waals surface area contributed by atoms with Crippen molar-refractivity contribution in [3.8, 4) is 0 Å². The first-order valence-electron chi connectivity index (χ1n) is 9.73. The molecule has 2 aromatic carbocycles. The summed E-state index contributed by atoms with van der Waals surface area (Å²) in [5, 5.41) is 10.5. The van der Waals surface area contributed by atoms with Crippen LogP contribution in [-0.4, -0.2) is 67.4 Å². The summed E-state index contributed by atoms with van der Waals surface area (Å²) < 4.78 is 32.6. The first kappa shape index (κ1) is 20.9. The van der Waals surface area contributed by atoms with E-state index >= 15 is 0 Å². The van der Waals surface area contributed by atoms with Gasteiger partial charge in [0, 0.05) is 19.6 Å². The third kappa shape index (κ3) is 6.07. The van der Waals surface area contributed by atoms with E-state index in [1.807, 2.05) is 0 Å². The molecule has 0 unspecified atom stereocenters. The van der Waals surface area contributed by atoms with Crippen LogP contribution in [0.5, 0.6) is 0 Å². The fourth-order valence-corrected chi connectivity index (χ4v) is 3.50. The lowest BCUT2D eigenvalue weighted by Crippen LogP contribution is -2.37. The molecule has 0 amide bonds. The van der Waals surface area contributed by atoms with Crippen molar-refractivity contribution >= 4 is 0 Å². The number of benzene rings is 2. The van der Waals surface area contributed by atoms with Crippen molar-refractivity contribution in [2.75, 3.05) is 46.4 Å². The molecule has 0 bridgehead atoms. The highest BCUT2D eigenvalue weighted by Gasteiger charge is 2.20. The third-order valence-electron chi connectivity index (χ3n) is 5.08. The molecule has 0 saturated carbocycles. The van der Waals surface area contributed by atoms with E-state index in [9.17, 15) is 13.9 Å². The van der Waals surface area contributed by atoms with Crippen molar-refractivity contribution < 1.29 is 18.6 Å². The summed E-state index contributed by atoms with van der Waals surface area (Å²) in [6.07, 6.45) is -0.0457. The average Bonchev–Trinajstić information content (AvgIpc) is 2.89. The highest BCUT2D eigenvalue weighted by atomic mass is 19.1. The van der Waals surface area contributed by atoms with E-state index in [2.05, 4.69) is 16.8 Å². The Morgan fingerprint density at radius 1 is 0.893 bits per heavy atom. The number of hydrogen-bond donors (Lipinski definition) is 1. The van der Waals surface area contributed by atoms with Gasteiger partial charge in [-0.3, -0.25) is 4.90 Å². The molecule has 6 heteroatoms. The van der Waals surface area contributed by atoms with Crippen LogP contribution in [0.3, 0.4) is 0 Å². The molecule has 1 heterocycles. The standard InChI is InChI=1S/C22H28F2N2O2/c1-25-11-2-12-26(14-13-25)15-21(27)16-28-22(17-3-7-19(23)8-4-17)18-5-9-20(24)10-6-18/h3-10,21-22,27H,2,11-16H2,1H3/t21-/m1/s1. The lowest BCUT2D eigenvalue weighted by Gasteiger charge is -2.25. The van der Waals surface area contributed by atoms with Crippen molar-refractivity contribution in [2.45, 2.75) is 18.6 Å². The van der Waals surface area contributed by atoms with Crippen LogP contribution in [0.15, 0.2) is 48.5 Å². The zero-order valence-electron chi connectivity index (χ0n) is 16.2. The summed E-state index contributed by atoms with van der Waals surface area (Å²) in [6.45, 7) is 4.63. The van der Waals surface area contributed by atoms with Crippen LogP contribution >= 0.6 is 0 Å². The number of aliphatic hydroxyl groups is 1. The Bertz CT molecular complexity index is 679. The Morgan fingerprint density at radius 3 is 2.04 bits per heavy atom. The van der Waals surface area contributed by atoms with Gasteiger partial charge in [0.2, 0.25) is 0 Å². The second kappa shape index (κ2) is 10.1. The Hall–Kier alpha value is -1.86.